The maximum absolute atomic E-state index is 12.8. The molecule has 3 amide bonds. The Hall–Kier alpha value is -3.17. The lowest BCUT2D eigenvalue weighted by Gasteiger charge is -2.35. The van der Waals surface area contributed by atoms with Crippen LogP contribution in [0.4, 0.5) is 0 Å². The quantitative estimate of drug-likeness (QED) is 0.0949. The van der Waals surface area contributed by atoms with E-state index in [9.17, 15) is 24.0 Å². The van der Waals surface area contributed by atoms with E-state index < -0.39 is 29.4 Å². The summed E-state index contributed by atoms with van der Waals surface area (Å²) in [4.78, 5) is 64.5. The van der Waals surface area contributed by atoms with Gasteiger partial charge in [-0.15, -0.1) is 0 Å². The van der Waals surface area contributed by atoms with Gasteiger partial charge in [-0.25, -0.2) is 0 Å². The second-order valence-electron chi connectivity index (χ2n) is 12.5. The molecule has 1 N–H and O–H groups in total. The van der Waals surface area contributed by atoms with E-state index in [0.717, 1.165) is 32.1 Å². The molecular weight excluding hydrogens is 574 g/mol. The van der Waals surface area contributed by atoms with Crippen molar-refractivity contribution in [1.82, 2.24) is 15.1 Å². The van der Waals surface area contributed by atoms with Crippen molar-refractivity contribution in [3.63, 3.8) is 0 Å². The Balaban J connectivity index is 2.22. The second-order valence-corrected chi connectivity index (χ2v) is 12.5. The van der Waals surface area contributed by atoms with Crippen LogP contribution in [0.5, 0.6) is 0 Å². The van der Waals surface area contributed by atoms with Crippen LogP contribution < -0.4 is 5.32 Å². The predicted molar refractivity (Wildman–Crippen MR) is 176 cm³/mol. The number of allylic oxidation sites excluding steroid dienone is 4. The van der Waals surface area contributed by atoms with E-state index in [2.05, 4.69) is 36.5 Å². The number of ether oxygens (including phenoxy) is 2. The van der Waals surface area contributed by atoms with Crippen molar-refractivity contribution in [3.05, 3.63) is 24.3 Å². The van der Waals surface area contributed by atoms with Crippen LogP contribution in [-0.4, -0.2) is 84.9 Å². The van der Waals surface area contributed by atoms with E-state index in [4.69, 9.17) is 9.47 Å². The summed E-state index contributed by atoms with van der Waals surface area (Å²) in [5.74, 6) is -1.66. The minimum absolute atomic E-state index is 0.0745. The van der Waals surface area contributed by atoms with E-state index in [1.807, 2.05) is 4.90 Å². The zero-order valence-electron chi connectivity index (χ0n) is 28.6. The average molecular weight is 634 g/mol. The molecule has 1 rings (SSSR count). The van der Waals surface area contributed by atoms with Crippen LogP contribution >= 0.6 is 0 Å². The van der Waals surface area contributed by atoms with E-state index >= 15 is 0 Å². The summed E-state index contributed by atoms with van der Waals surface area (Å²) in [5, 5.41) is 2.67. The summed E-state index contributed by atoms with van der Waals surface area (Å²) in [6.45, 7) is 9.92. The largest absolute Gasteiger partial charge is 0.465 e. The summed E-state index contributed by atoms with van der Waals surface area (Å²) < 4.78 is 10.3. The fourth-order valence-corrected chi connectivity index (χ4v) is 5.09. The molecule has 256 valence electrons. The zero-order chi connectivity index (χ0) is 33.5. The third-order valence-corrected chi connectivity index (χ3v) is 7.84. The van der Waals surface area contributed by atoms with Crippen LogP contribution in [0.25, 0.3) is 0 Å². The zero-order valence-corrected chi connectivity index (χ0v) is 28.6. The number of rotatable bonds is 22. The molecule has 45 heavy (non-hydrogen) atoms. The molecule has 10 heteroatoms. The molecule has 1 unspecified atom stereocenters. The first-order valence-corrected chi connectivity index (χ1v) is 16.9. The number of hydrogen-bond acceptors (Lipinski definition) is 7. The average Bonchev–Trinajstić information content (AvgIpc) is 3.00. The van der Waals surface area contributed by atoms with Gasteiger partial charge in [-0.05, 0) is 38.5 Å². The van der Waals surface area contributed by atoms with E-state index in [1.54, 1.807) is 18.7 Å². The molecule has 0 saturated carbocycles. The number of nitrogens with one attached hydrogen (secondary N) is 1. The van der Waals surface area contributed by atoms with Crippen LogP contribution in [0.15, 0.2) is 24.3 Å². The number of carbonyl (C=O) groups excluding carboxylic acids is 5. The highest BCUT2D eigenvalue weighted by Gasteiger charge is 2.39. The summed E-state index contributed by atoms with van der Waals surface area (Å²) in [7, 11) is 0. The van der Waals surface area contributed by atoms with Gasteiger partial charge in [-0.3, -0.25) is 24.0 Å². The van der Waals surface area contributed by atoms with Crippen molar-refractivity contribution in [2.45, 2.75) is 124 Å². The summed E-state index contributed by atoms with van der Waals surface area (Å²) in [6, 6.07) is 0. The molecule has 0 aliphatic carbocycles. The molecule has 1 heterocycles. The number of hydrogen-bond donors (Lipinski definition) is 1. The first-order valence-electron chi connectivity index (χ1n) is 16.9. The normalized spacial score (nSPS) is 14.5. The van der Waals surface area contributed by atoms with Gasteiger partial charge >= 0.3 is 11.9 Å². The molecule has 1 aliphatic rings. The van der Waals surface area contributed by atoms with E-state index in [0.29, 0.717) is 32.6 Å². The summed E-state index contributed by atoms with van der Waals surface area (Å²) in [5.41, 5.74) is -0.962. The molecule has 0 bridgehead atoms. The molecule has 0 aromatic rings. The number of esters is 2. The van der Waals surface area contributed by atoms with Gasteiger partial charge in [0.05, 0.1) is 0 Å². The van der Waals surface area contributed by atoms with Crippen LogP contribution in [0, 0.1) is 5.41 Å². The molecule has 1 saturated heterocycles. The molecule has 0 spiro atoms. The Labute approximate surface area is 271 Å². The topological polar surface area (TPSA) is 122 Å². The second kappa shape index (κ2) is 23.2. The van der Waals surface area contributed by atoms with Crippen molar-refractivity contribution < 1.29 is 33.4 Å². The lowest BCUT2D eigenvalue weighted by Crippen LogP contribution is -2.51. The Morgan fingerprint density at radius 3 is 1.82 bits per heavy atom. The molecule has 0 aromatic carbocycles. The number of nitrogens with zero attached hydrogens (tertiary/aromatic N) is 2. The van der Waals surface area contributed by atoms with Crippen LogP contribution in [0.1, 0.15) is 118 Å². The van der Waals surface area contributed by atoms with Gasteiger partial charge in [-0.2, -0.15) is 0 Å². The van der Waals surface area contributed by atoms with Gasteiger partial charge < -0.3 is 24.6 Å². The molecular formula is C35H59N3O7. The number of carbonyl (C=O) groups is 5. The molecule has 1 fully saturated rings. The fourth-order valence-electron chi connectivity index (χ4n) is 5.09. The third kappa shape index (κ3) is 18.4. The molecule has 1 aliphatic heterocycles. The highest BCUT2D eigenvalue weighted by atomic mass is 16.6. The van der Waals surface area contributed by atoms with Crippen molar-refractivity contribution in [2.24, 2.45) is 5.41 Å². The van der Waals surface area contributed by atoms with Crippen LogP contribution in [-0.2, 0) is 33.4 Å². The minimum atomic E-state index is -1.18. The van der Waals surface area contributed by atoms with Crippen LogP contribution in [0.2, 0.25) is 0 Å². The Kier molecular flexibility index (Phi) is 20.6. The summed E-state index contributed by atoms with van der Waals surface area (Å²) >= 11 is 0. The van der Waals surface area contributed by atoms with Gasteiger partial charge in [0.15, 0.2) is 6.10 Å². The maximum Gasteiger partial charge on any atom is 0.303 e. The third-order valence-electron chi connectivity index (χ3n) is 7.84. The molecule has 0 aromatic heterocycles. The number of unbranched alkanes of at least 4 members (excludes halogenated alkanes) is 8. The van der Waals surface area contributed by atoms with Gasteiger partial charge in [0.25, 0.3) is 5.91 Å². The highest BCUT2D eigenvalue weighted by molar-refractivity contribution is 5.85. The molecule has 1 atom stereocenters. The predicted octanol–water partition coefficient (Wildman–Crippen LogP) is 5.50. The Morgan fingerprint density at radius 1 is 0.733 bits per heavy atom. The monoisotopic (exact) mass is 633 g/mol. The lowest BCUT2D eigenvalue weighted by molar-refractivity contribution is -0.166. The first kappa shape index (κ1) is 39.9. The van der Waals surface area contributed by atoms with E-state index in [-0.39, 0.29) is 31.4 Å². The van der Waals surface area contributed by atoms with Crippen molar-refractivity contribution in [1.29, 1.82) is 0 Å². The minimum Gasteiger partial charge on any atom is -0.465 e. The fraction of sp³-hybridized carbons (Fsp3) is 0.743. The maximum atomic E-state index is 12.8. The van der Waals surface area contributed by atoms with Crippen molar-refractivity contribution in [2.75, 3.05) is 39.3 Å². The number of amides is 3. The molecule has 0 radical (unpaired) electrons. The Bertz CT molecular complexity index is 968. The highest BCUT2D eigenvalue weighted by Crippen LogP contribution is 2.25. The van der Waals surface area contributed by atoms with Gasteiger partial charge in [0, 0.05) is 64.8 Å². The van der Waals surface area contributed by atoms with Crippen LogP contribution in [0.3, 0.4) is 0 Å². The molecule has 10 nitrogen and oxygen atoms in total. The van der Waals surface area contributed by atoms with Crippen molar-refractivity contribution in [3.8, 4) is 0 Å². The lowest BCUT2D eigenvalue weighted by atomic mass is 9.86. The SMILES string of the molecule is CCCCCC=CCC=CCCCCCCCC(=O)N1CCN(C(=O)CCNC(=O)C(OC(C)=O)C(C)(C)COC(C)=O)CC1. The van der Waals surface area contributed by atoms with Crippen molar-refractivity contribution >= 4 is 29.7 Å². The standard InChI is InChI=1S/C35H59N3O7/c1-6-7-8-9-10-11-12-13-14-15-16-17-18-19-20-21-31(41)37-24-26-38(27-25-37)32(42)22-23-36-34(43)33(45-30(3)40)35(4,5)28-44-29(2)39/h10-11,13-14,33H,6-9,12,15-28H2,1-5H3,(H,36,43). The van der Waals surface area contributed by atoms with Gasteiger partial charge in [0.2, 0.25) is 11.8 Å². The Morgan fingerprint density at radius 2 is 1.27 bits per heavy atom. The first-order chi connectivity index (χ1) is 21.5. The van der Waals surface area contributed by atoms with Gasteiger partial charge in [-0.1, -0.05) is 77.2 Å². The smallest absolute Gasteiger partial charge is 0.303 e. The summed E-state index contributed by atoms with van der Waals surface area (Å²) in [6.07, 6.45) is 21.2. The van der Waals surface area contributed by atoms with Gasteiger partial charge in [0.1, 0.15) is 6.61 Å². The number of piperazine rings is 1. The van der Waals surface area contributed by atoms with E-state index in [1.165, 1.54) is 52.4 Å².